The number of nitrogens with zero attached hydrogens (tertiary/aromatic N) is 2. The first-order valence-electron chi connectivity index (χ1n) is 4.53. The minimum Gasteiger partial charge on any atom is -0.338 e. The van der Waals surface area contributed by atoms with E-state index in [1.165, 1.54) is 11.8 Å². The van der Waals surface area contributed by atoms with Gasteiger partial charge in [0, 0.05) is 4.90 Å². The van der Waals surface area contributed by atoms with Crippen LogP contribution >= 0.6 is 35.0 Å². The molecule has 0 N–H and O–H groups in total. The zero-order chi connectivity index (χ0) is 11.5. The molecule has 0 radical (unpaired) electrons. The third kappa shape index (κ3) is 2.70. The summed E-state index contributed by atoms with van der Waals surface area (Å²) in [5.74, 6) is 1.75. The van der Waals surface area contributed by atoms with E-state index >= 15 is 0 Å². The second-order valence-corrected chi connectivity index (χ2v) is 4.87. The fraction of sp³-hybridized carbons (Fsp3) is 0.200. The van der Waals surface area contributed by atoms with Gasteiger partial charge in [-0.05, 0) is 19.1 Å². The van der Waals surface area contributed by atoms with Crippen LogP contribution in [0, 0.1) is 6.92 Å². The Morgan fingerprint density at radius 2 is 2.00 bits per heavy atom. The zero-order valence-electron chi connectivity index (χ0n) is 8.41. The molecular formula is C10H8Cl2N2OS. The van der Waals surface area contributed by atoms with E-state index in [1.54, 1.807) is 19.1 Å². The van der Waals surface area contributed by atoms with Crippen molar-refractivity contribution in [1.29, 1.82) is 0 Å². The van der Waals surface area contributed by atoms with Crippen LogP contribution in [0.3, 0.4) is 0 Å². The van der Waals surface area contributed by atoms with Gasteiger partial charge < -0.3 is 4.52 Å². The van der Waals surface area contributed by atoms with Crippen molar-refractivity contribution >= 4 is 35.0 Å². The lowest BCUT2D eigenvalue weighted by atomic mass is 10.4. The van der Waals surface area contributed by atoms with Gasteiger partial charge in [0.05, 0.1) is 15.8 Å². The van der Waals surface area contributed by atoms with Gasteiger partial charge in [0.15, 0.2) is 5.82 Å². The van der Waals surface area contributed by atoms with Crippen molar-refractivity contribution in [3.05, 3.63) is 40.0 Å². The molecular weight excluding hydrogens is 267 g/mol. The molecule has 0 amide bonds. The summed E-state index contributed by atoms with van der Waals surface area (Å²) in [6.45, 7) is 1.78. The van der Waals surface area contributed by atoms with Gasteiger partial charge in [-0.15, -0.1) is 11.8 Å². The van der Waals surface area contributed by atoms with Crippen molar-refractivity contribution in [3.8, 4) is 0 Å². The molecule has 2 rings (SSSR count). The van der Waals surface area contributed by atoms with Crippen LogP contribution in [0.4, 0.5) is 0 Å². The van der Waals surface area contributed by atoms with Gasteiger partial charge in [-0.2, -0.15) is 4.98 Å². The molecule has 0 fully saturated rings. The van der Waals surface area contributed by atoms with Crippen LogP contribution in [0.5, 0.6) is 0 Å². The second-order valence-electron chi connectivity index (χ2n) is 3.07. The minimum absolute atomic E-state index is 0.560. The summed E-state index contributed by atoms with van der Waals surface area (Å²) in [5, 5.41) is 4.97. The molecule has 0 aliphatic heterocycles. The molecule has 6 heteroatoms. The number of aromatic nitrogens is 2. The van der Waals surface area contributed by atoms with Gasteiger partial charge in [-0.1, -0.05) is 34.4 Å². The van der Waals surface area contributed by atoms with E-state index in [-0.39, 0.29) is 0 Å². The molecule has 1 heterocycles. The summed E-state index contributed by atoms with van der Waals surface area (Å²) in [6.07, 6.45) is 0. The van der Waals surface area contributed by atoms with Crippen LogP contribution < -0.4 is 0 Å². The van der Waals surface area contributed by atoms with Crippen molar-refractivity contribution in [2.24, 2.45) is 0 Å². The maximum absolute atomic E-state index is 6.03. The number of hydrogen-bond acceptors (Lipinski definition) is 4. The van der Waals surface area contributed by atoms with Crippen LogP contribution in [0.15, 0.2) is 27.6 Å². The first-order chi connectivity index (χ1) is 7.66. The van der Waals surface area contributed by atoms with E-state index in [2.05, 4.69) is 10.1 Å². The van der Waals surface area contributed by atoms with Crippen LogP contribution in [0.2, 0.25) is 10.0 Å². The Balaban J connectivity index is 2.10. The van der Waals surface area contributed by atoms with Crippen molar-refractivity contribution < 1.29 is 4.52 Å². The average molecular weight is 275 g/mol. The highest BCUT2D eigenvalue weighted by Gasteiger charge is 2.09. The lowest BCUT2D eigenvalue weighted by Gasteiger charge is -2.03. The quantitative estimate of drug-likeness (QED) is 0.794. The summed E-state index contributed by atoms with van der Waals surface area (Å²) in [4.78, 5) is 4.94. The number of aryl methyl sites for hydroxylation is 1. The molecule has 0 aliphatic carbocycles. The molecule has 0 unspecified atom stereocenters. The third-order valence-electron chi connectivity index (χ3n) is 1.83. The van der Waals surface area contributed by atoms with E-state index in [0.717, 1.165) is 4.90 Å². The fourth-order valence-electron chi connectivity index (χ4n) is 1.15. The second kappa shape index (κ2) is 5.08. The predicted molar refractivity (Wildman–Crippen MR) is 65.1 cm³/mol. The molecule has 84 valence electrons. The average Bonchev–Trinajstić information content (AvgIpc) is 2.63. The number of halogens is 2. The van der Waals surface area contributed by atoms with Crippen LogP contribution in [0.25, 0.3) is 0 Å². The Morgan fingerprint density at radius 3 is 2.56 bits per heavy atom. The lowest BCUT2D eigenvalue weighted by molar-refractivity contribution is 0.387. The number of hydrogen-bond donors (Lipinski definition) is 0. The number of benzene rings is 1. The summed E-state index contributed by atoms with van der Waals surface area (Å²) in [5.41, 5.74) is 0. The summed E-state index contributed by atoms with van der Waals surface area (Å²) >= 11 is 13.5. The molecule has 16 heavy (non-hydrogen) atoms. The first-order valence-corrected chi connectivity index (χ1v) is 6.27. The molecule has 0 spiro atoms. The van der Waals surface area contributed by atoms with Crippen molar-refractivity contribution in [2.75, 3.05) is 0 Å². The van der Waals surface area contributed by atoms with Gasteiger partial charge >= 0.3 is 0 Å². The van der Waals surface area contributed by atoms with Gasteiger partial charge in [-0.3, -0.25) is 0 Å². The van der Waals surface area contributed by atoms with E-state index in [4.69, 9.17) is 27.7 Å². The summed E-state index contributed by atoms with van der Waals surface area (Å²) < 4.78 is 5.00. The Morgan fingerprint density at radius 1 is 1.31 bits per heavy atom. The van der Waals surface area contributed by atoms with Gasteiger partial charge in [0.1, 0.15) is 0 Å². The largest absolute Gasteiger partial charge is 0.338 e. The predicted octanol–water partition coefficient (Wildman–Crippen LogP) is 3.98. The Kier molecular flexibility index (Phi) is 3.74. The smallest absolute Gasteiger partial charge is 0.236 e. The molecule has 0 aliphatic rings. The van der Waals surface area contributed by atoms with Gasteiger partial charge in [-0.25, -0.2) is 0 Å². The fourth-order valence-corrected chi connectivity index (χ4v) is 2.67. The first kappa shape index (κ1) is 11.8. The molecule has 0 bridgehead atoms. The number of thioether (sulfide) groups is 1. The highest BCUT2D eigenvalue weighted by atomic mass is 35.5. The van der Waals surface area contributed by atoms with E-state index < -0.39 is 0 Å². The van der Waals surface area contributed by atoms with E-state index in [0.29, 0.717) is 27.5 Å². The minimum atomic E-state index is 0.560. The lowest BCUT2D eigenvalue weighted by Crippen LogP contribution is -1.82. The molecule has 0 saturated heterocycles. The maximum Gasteiger partial charge on any atom is 0.236 e. The molecule has 1 aromatic heterocycles. The Hall–Kier alpha value is -0.710. The summed E-state index contributed by atoms with van der Waals surface area (Å²) in [6, 6.07) is 5.41. The number of rotatable bonds is 3. The van der Waals surface area contributed by atoms with Crippen molar-refractivity contribution in [3.63, 3.8) is 0 Å². The Bertz CT molecular complexity index is 481. The van der Waals surface area contributed by atoms with Crippen molar-refractivity contribution in [2.45, 2.75) is 17.6 Å². The Labute approximate surface area is 107 Å². The molecule has 0 saturated carbocycles. The van der Waals surface area contributed by atoms with Gasteiger partial charge in [0.2, 0.25) is 5.89 Å². The molecule has 0 atom stereocenters. The zero-order valence-corrected chi connectivity index (χ0v) is 10.7. The molecule has 2 aromatic rings. The van der Waals surface area contributed by atoms with Crippen LogP contribution in [0.1, 0.15) is 11.7 Å². The normalized spacial score (nSPS) is 10.7. The van der Waals surface area contributed by atoms with Crippen LogP contribution in [-0.4, -0.2) is 10.1 Å². The third-order valence-corrected chi connectivity index (χ3v) is 3.80. The maximum atomic E-state index is 6.03. The van der Waals surface area contributed by atoms with Crippen molar-refractivity contribution in [1.82, 2.24) is 10.1 Å². The monoisotopic (exact) mass is 274 g/mol. The standard InChI is InChI=1S/C10H8Cl2N2OS/c1-6-13-9(15-14-6)5-16-10-7(11)3-2-4-8(10)12/h2-4H,5H2,1H3. The molecule has 3 nitrogen and oxygen atoms in total. The van der Waals surface area contributed by atoms with E-state index in [9.17, 15) is 0 Å². The highest BCUT2D eigenvalue weighted by Crippen LogP contribution is 2.35. The van der Waals surface area contributed by atoms with Gasteiger partial charge in [0.25, 0.3) is 0 Å². The molecule has 1 aromatic carbocycles. The highest BCUT2D eigenvalue weighted by molar-refractivity contribution is 7.98. The topological polar surface area (TPSA) is 38.9 Å². The van der Waals surface area contributed by atoms with E-state index in [1.807, 2.05) is 6.07 Å². The summed E-state index contributed by atoms with van der Waals surface area (Å²) in [7, 11) is 0. The van der Waals surface area contributed by atoms with Crippen LogP contribution in [-0.2, 0) is 5.75 Å². The SMILES string of the molecule is Cc1noc(CSc2c(Cl)cccc2Cl)n1.